The monoisotopic (exact) mass is 456 g/mol. The minimum atomic E-state index is -4.14. The molecule has 2 nitrogen and oxygen atoms in total. The molecule has 1 N–H and O–H groups in total. The molecule has 1 heterocycles. The van der Waals surface area contributed by atoms with Crippen molar-refractivity contribution in [2.75, 3.05) is 26.2 Å². The van der Waals surface area contributed by atoms with Gasteiger partial charge in [0.2, 0.25) is 0 Å². The van der Waals surface area contributed by atoms with Crippen LogP contribution in [0.25, 0.3) is 0 Å². The van der Waals surface area contributed by atoms with Crippen molar-refractivity contribution >= 4 is 47.4 Å². The van der Waals surface area contributed by atoms with Gasteiger partial charge in [0.05, 0.1) is 6.42 Å². The van der Waals surface area contributed by atoms with Gasteiger partial charge in [0.15, 0.2) is 0 Å². The Morgan fingerprint density at radius 3 is 2.24 bits per heavy atom. The molecule has 122 valence electrons. The minimum absolute atomic E-state index is 0. The molecule has 0 unspecified atom stereocenters. The number of rotatable bonds is 3. The third-order valence-electron chi connectivity index (χ3n) is 3.28. The number of alkyl halides is 3. The summed E-state index contributed by atoms with van der Waals surface area (Å²) in [6.45, 7) is 2.81. The van der Waals surface area contributed by atoms with Crippen LogP contribution in [0.4, 0.5) is 13.2 Å². The van der Waals surface area contributed by atoms with Crippen LogP contribution in [-0.4, -0.2) is 37.3 Å². The predicted octanol–water partition coefficient (Wildman–Crippen LogP) is 4.03. The Labute approximate surface area is 148 Å². The van der Waals surface area contributed by atoms with Crippen LogP contribution in [0.5, 0.6) is 0 Å². The number of hydrogen-bond acceptors (Lipinski definition) is 2. The lowest BCUT2D eigenvalue weighted by atomic mass is 10.0. The Balaban J connectivity index is 0.00000200. The SMILES string of the molecule is Cl.Cl.FC(F)(F)C[C@@H](c1ccccc1I)N1CCNCC1. The van der Waals surface area contributed by atoms with E-state index in [9.17, 15) is 13.2 Å². The molecule has 1 saturated heterocycles. The molecule has 8 heteroatoms. The zero-order chi connectivity index (χ0) is 13.9. The first-order valence-electron chi connectivity index (χ1n) is 6.23. The normalized spacial score (nSPS) is 17.5. The summed E-state index contributed by atoms with van der Waals surface area (Å²) < 4.78 is 39.4. The summed E-state index contributed by atoms with van der Waals surface area (Å²) >= 11 is 2.11. The molecule has 0 amide bonds. The standard InChI is InChI=1S/C13H16F3IN2.2ClH/c14-13(15,16)9-12(19-7-5-18-6-8-19)10-3-1-2-4-11(10)17;;/h1-4,12,18H,5-9H2;2*1H/t12-;;/m0../s1. The van der Waals surface area contributed by atoms with Crippen LogP contribution < -0.4 is 5.32 Å². The van der Waals surface area contributed by atoms with E-state index in [0.717, 1.165) is 22.2 Å². The molecule has 1 atom stereocenters. The lowest BCUT2D eigenvalue weighted by Gasteiger charge is -2.36. The Morgan fingerprint density at radius 2 is 1.71 bits per heavy atom. The third kappa shape index (κ3) is 6.48. The van der Waals surface area contributed by atoms with Gasteiger partial charge < -0.3 is 5.32 Å². The molecule has 1 aliphatic heterocycles. The highest BCUT2D eigenvalue weighted by molar-refractivity contribution is 14.1. The number of piperazine rings is 1. The van der Waals surface area contributed by atoms with Gasteiger partial charge >= 0.3 is 6.18 Å². The number of nitrogens with one attached hydrogen (secondary N) is 1. The summed E-state index contributed by atoms with van der Waals surface area (Å²) in [5.74, 6) is 0. The lowest BCUT2D eigenvalue weighted by Crippen LogP contribution is -2.46. The van der Waals surface area contributed by atoms with E-state index in [1.165, 1.54) is 0 Å². The van der Waals surface area contributed by atoms with Gasteiger partial charge in [0.1, 0.15) is 0 Å². The second-order valence-electron chi connectivity index (χ2n) is 4.64. The van der Waals surface area contributed by atoms with Crippen molar-refractivity contribution in [1.82, 2.24) is 10.2 Å². The van der Waals surface area contributed by atoms with Gasteiger partial charge in [-0.2, -0.15) is 13.2 Å². The van der Waals surface area contributed by atoms with Gasteiger partial charge in [0.25, 0.3) is 0 Å². The molecule has 1 aromatic carbocycles. The zero-order valence-corrected chi connectivity index (χ0v) is 15.0. The highest BCUT2D eigenvalue weighted by Crippen LogP contribution is 2.35. The van der Waals surface area contributed by atoms with Crippen LogP contribution in [0.3, 0.4) is 0 Å². The van der Waals surface area contributed by atoms with Crippen LogP contribution in [0, 0.1) is 3.57 Å². The van der Waals surface area contributed by atoms with Gasteiger partial charge in [-0.1, -0.05) is 18.2 Å². The van der Waals surface area contributed by atoms with Crippen LogP contribution >= 0.6 is 47.4 Å². The fourth-order valence-electron chi connectivity index (χ4n) is 2.39. The Kier molecular flexibility index (Phi) is 9.50. The van der Waals surface area contributed by atoms with E-state index in [4.69, 9.17) is 0 Å². The summed E-state index contributed by atoms with van der Waals surface area (Å²) in [5, 5.41) is 3.17. The van der Waals surface area contributed by atoms with E-state index in [0.29, 0.717) is 13.1 Å². The summed E-state index contributed by atoms with van der Waals surface area (Å²) in [5.41, 5.74) is 0.780. The molecule has 0 radical (unpaired) electrons. The van der Waals surface area contributed by atoms with Crippen molar-refractivity contribution in [3.8, 4) is 0 Å². The maximum absolute atomic E-state index is 12.8. The van der Waals surface area contributed by atoms with Crippen molar-refractivity contribution in [2.24, 2.45) is 0 Å². The van der Waals surface area contributed by atoms with Gasteiger partial charge in [-0.3, -0.25) is 4.90 Å². The van der Waals surface area contributed by atoms with E-state index in [2.05, 4.69) is 27.9 Å². The Bertz CT molecular complexity index is 426. The first-order chi connectivity index (χ1) is 8.97. The maximum atomic E-state index is 12.8. The number of benzene rings is 1. The molecule has 2 rings (SSSR count). The van der Waals surface area contributed by atoms with Gasteiger partial charge in [-0.15, -0.1) is 24.8 Å². The van der Waals surface area contributed by atoms with Gasteiger partial charge in [-0.05, 0) is 34.2 Å². The lowest BCUT2D eigenvalue weighted by molar-refractivity contribution is -0.148. The molecule has 0 spiro atoms. The smallest absolute Gasteiger partial charge is 0.314 e. The van der Waals surface area contributed by atoms with E-state index in [1.54, 1.807) is 6.07 Å². The second-order valence-corrected chi connectivity index (χ2v) is 5.80. The minimum Gasteiger partial charge on any atom is -0.314 e. The van der Waals surface area contributed by atoms with E-state index in [1.807, 2.05) is 23.1 Å². The molecule has 21 heavy (non-hydrogen) atoms. The highest BCUT2D eigenvalue weighted by atomic mass is 127. The molecule has 1 aromatic rings. The molecule has 0 aromatic heterocycles. The number of hydrogen-bond donors (Lipinski definition) is 1. The Hall–Kier alpha value is 0.240. The number of nitrogens with zero attached hydrogens (tertiary/aromatic N) is 1. The Morgan fingerprint density at radius 1 is 1.14 bits per heavy atom. The summed E-state index contributed by atoms with van der Waals surface area (Å²) in [7, 11) is 0. The van der Waals surface area contributed by atoms with Crippen LogP contribution in [-0.2, 0) is 0 Å². The van der Waals surface area contributed by atoms with Crippen molar-refractivity contribution in [3.05, 3.63) is 33.4 Å². The fraction of sp³-hybridized carbons (Fsp3) is 0.538. The van der Waals surface area contributed by atoms with E-state index < -0.39 is 18.6 Å². The highest BCUT2D eigenvalue weighted by Gasteiger charge is 2.36. The van der Waals surface area contributed by atoms with Gasteiger partial charge in [-0.25, -0.2) is 0 Å². The fourth-order valence-corrected chi connectivity index (χ4v) is 3.14. The molecule has 0 aliphatic carbocycles. The topological polar surface area (TPSA) is 15.3 Å². The molecule has 0 saturated carbocycles. The van der Waals surface area contributed by atoms with Gasteiger partial charge in [0, 0.05) is 35.8 Å². The average molecular weight is 457 g/mol. The molecular formula is C13H18Cl2F3IN2. The van der Waals surface area contributed by atoms with Crippen molar-refractivity contribution < 1.29 is 13.2 Å². The largest absolute Gasteiger partial charge is 0.390 e. The second kappa shape index (κ2) is 9.39. The molecule has 1 fully saturated rings. The maximum Gasteiger partial charge on any atom is 0.390 e. The zero-order valence-electron chi connectivity index (χ0n) is 11.2. The van der Waals surface area contributed by atoms with Crippen LogP contribution in [0.15, 0.2) is 24.3 Å². The molecule has 0 bridgehead atoms. The van der Waals surface area contributed by atoms with E-state index in [-0.39, 0.29) is 24.8 Å². The first-order valence-corrected chi connectivity index (χ1v) is 7.31. The van der Waals surface area contributed by atoms with E-state index >= 15 is 0 Å². The summed E-state index contributed by atoms with van der Waals surface area (Å²) in [4.78, 5) is 1.93. The summed E-state index contributed by atoms with van der Waals surface area (Å²) in [6, 6.07) is 6.76. The summed E-state index contributed by atoms with van der Waals surface area (Å²) in [6.07, 6.45) is -4.93. The molecule has 1 aliphatic rings. The van der Waals surface area contributed by atoms with Crippen molar-refractivity contribution in [1.29, 1.82) is 0 Å². The average Bonchev–Trinajstić information content (AvgIpc) is 2.37. The number of halogens is 6. The van der Waals surface area contributed by atoms with Crippen LogP contribution in [0.1, 0.15) is 18.0 Å². The predicted molar refractivity (Wildman–Crippen MR) is 91.5 cm³/mol. The van der Waals surface area contributed by atoms with Crippen LogP contribution in [0.2, 0.25) is 0 Å². The third-order valence-corrected chi connectivity index (χ3v) is 4.26. The molecular weight excluding hydrogens is 439 g/mol. The quantitative estimate of drug-likeness (QED) is 0.690. The van der Waals surface area contributed by atoms with Crippen molar-refractivity contribution in [3.63, 3.8) is 0 Å². The first kappa shape index (κ1) is 21.2. The van der Waals surface area contributed by atoms with Crippen molar-refractivity contribution in [2.45, 2.75) is 18.6 Å².